The highest BCUT2D eigenvalue weighted by atomic mass is 35.5. The maximum absolute atomic E-state index is 14.9. The predicted molar refractivity (Wildman–Crippen MR) is 254 cm³/mol. The zero-order valence-corrected chi connectivity index (χ0v) is 38.5. The van der Waals surface area contributed by atoms with Crippen LogP contribution in [-0.4, -0.2) is 84.3 Å². The van der Waals surface area contributed by atoms with Crippen LogP contribution in [0.1, 0.15) is 33.4 Å². The smallest absolute Gasteiger partial charge is 0.493 e. The number of carboxylic acids is 1. The zero-order valence-electron chi connectivity index (χ0n) is 37.8. The van der Waals surface area contributed by atoms with Gasteiger partial charge >= 0.3 is 18.2 Å². The number of hydrogen-bond acceptors (Lipinski definition) is 10. The first-order chi connectivity index (χ1) is 32.9. The van der Waals surface area contributed by atoms with Gasteiger partial charge in [0.1, 0.15) is 43.7 Å². The molecule has 15 heteroatoms. The van der Waals surface area contributed by atoms with Crippen LogP contribution in [-0.2, 0) is 62.9 Å². The van der Waals surface area contributed by atoms with Crippen LogP contribution in [0.15, 0.2) is 158 Å². The van der Waals surface area contributed by atoms with E-state index < -0.39 is 48.2 Å². The molecule has 0 bridgehead atoms. The summed E-state index contributed by atoms with van der Waals surface area (Å²) in [5.41, 5.74) is 3.96. The van der Waals surface area contributed by atoms with Crippen molar-refractivity contribution >= 4 is 41.6 Å². The van der Waals surface area contributed by atoms with Gasteiger partial charge in [0.25, 0.3) is 0 Å². The van der Waals surface area contributed by atoms with Crippen LogP contribution in [0.3, 0.4) is 0 Å². The molecule has 3 amide bonds. The Morgan fingerprint density at radius 3 is 1.62 bits per heavy atom. The van der Waals surface area contributed by atoms with E-state index in [4.69, 9.17) is 35.3 Å². The van der Waals surface area contributed by atoms with E-state index in [2.05, 4.69) is 5.32 Å². The molecule has 6 aromatic carbocycles. The highest BCUT2D eigenvalue weighted by Crippen LogP contribution is 2.39. The standard InChI is InChI=1S/C53H52ClN3O11/c1-56(49(58)43(55-52(62)66-34-39-20-12-6-13-21-39)30-37-24-27-42(28-25-37)68-53(63)67-35-40-22-14-7-15-23-40)44(50(59)57(2)45(51(60)61)31-36-16-8-4-9-17-36)32-41-26-29-46(64-3)48(47(41)54)65-33-38-18-10-5-11-19-38/h4-29,43-45H,30-35H2,1-3H3,(H,55,62)(H,60,61)/t43-,44-,45-/m0/s1. The van der Waals surface area contributed by atoms with E-state index in [9.17, 15) is 29.1 Å². The fourth-order valence-corrected chi connectivity index (χ4v) is 7.54. The summed E-state index contributed by atoms with van der Waals surface area (Å²) in [5.74, 6) is -1.98. The van der Waals surface area contributed by atoms with Gasteiger partial charge in [-0.25, -0.2) is 14.4 Å². The number of carbonyl (C=O) groups excluding carboxylic acids is 4. The Kier molecular flexibility index (Phi) is 18.0. The zero-order chi connectivity index (χ0) is 48.4. The average molecular weight is 942 g/mol. The van der Waals surface area contributed by atoms with Crippen molar-refractivity contribution in [2.24, 2.45) is 0 Å². The SMILES string of the molecule is COc1ccc(C[C@@H](C(=O)N(C)[C@@H](Cc2ccccc2)C(=O)O)N(C)C(=O)[C@H](Cc2ccc(OC(=O)OCc3ccccc3)cc2)NC(=O)OCc2ccccc2)c(Cl)c1OCc1ccccc1. The Balaban J connectivity index is 1.30. The molecular weight excluding hydrogens is 890 g/mol. The number of aliphatic carboxylic acids is 1. The van der Waals surface area contributed by atoms with E-state index in [0.29, 0.717) is 28.0 Å². The second-order valence-corrected chi connectivity index (χ2v) is 16.1. The highest BCUT2D eigenvalue weighted by molar-refractivity contribution is 6.33. The number of rotatable bonds is 21. The van der Waals surface area contributed by atoms with E-state index in [1.807, 2.05) is 66.7 Å². The summed E-state index contributed by atoms with van der Waals surface area (Å²) in [7, 11) is 4.24. The number of alkyl carbamates (subject to hydrolysis) is 1. The molecule has 2 N–H and O–H groups in total. The molecule has 0 aliphatic heterocycles. The average Bonchev–Trinajstić information content (AvgIpc) is 3.36. The second kappa shape index (κ2) is 24.6. The summed E-state index contributed by atoms with van der Waals surface area (Å²) in [6, 6.07) is 41.9. The van der Waals surface area contributed by atoms with Gasteiger partial charge in [0.05, 0.1) is 12.1 Å². The molecule has 0 spiro atoms. The molecule has 14 nitrogen and oxygen atoms in total. The quantitative estimate of drug-likeness (QED) is 0.0523. The van der Waals surface area contributed by atoms with Crippen molar-refractivity contribution in [3.63, 3.8) is 0 Å². The van der Waals surface area contributed by atoms with Gasteiger partial charge in [-0.05, 0) is 51.6 Å². The van der Waals surface area contributed by atoms with E-state index in [-0.39, 0.29) is 55.6 Å². The molecule has 0 saturated carbocycles. The number of halogens is 1. The van der Waals surface area contributed by atoms with Crippen molar-refractivity contribution in [3.8, 4) is 17.2 Å². The highest BCUT2D eigenvalue weighted by Gasteiger charge is 2.38. The Hall–Kier alpha value is -7.84. The number of likely N-dealkylation sites (N-methyl/N-ethyl adjacent to an activating group) is 2. The predicted octanol–water partition coefficient (Wildman–Crippen LogP) is 8.70. The minimum Gasteiger partial charge on any atom is -0.493 e. The molecule has 0 aliphatic carbocycles. The van der Waals surface area contributed by atoms with Gasteiger partial charge in [-0.3, -0.25) is 9.59 Å². The molecule has 0 heterocycles. The molecule has 68 heavy (non-hydrogen) atoms. The summed E-state index contributed by atoms with van der Waals surface area (Å²) in [4.78, 5) is 70.9. The molecule has 352 valence electrons. The van der Waals surface area contributed by atoms with E-state index in [1.54, 1.807) is 78.9 Å². The van der Waals surface area contributed by atoms with E-state index in [0.717, 1.165) is 16.0 Å². The molecule has 6 aromatic rings. The van der Waals surface area contributed by atoms with Crippen molar-refractivity contribution in [2.45, 2.75) is 57.2 Å². The summed E-state index contributed by atoms with van der Waals surface area (Å²) in [6.07, 6.45) is -2.16. The van der Waals surface area contributed by atoms with Crippen LogP contribution in [0.25, 0.3) is 0 Å². The first-order valence-electron chi connectivity index (χ1n) is 21.7. The lowest BCUT2D eigenvalue weighted by Crippen LogP contribution is -2.58. The second-order valence-electron chi connectivity index (χ2n) is 15.7. The first-order valence-corrected chi connectivity index (χ1v) is 22.0. The Bertz CT molecular complexity index is 2600. The monoisotopic (exact) mass is 941 g/mol. The third kappa shape index (κ3) is 14.1. The molecule has 0 fully saturated rings. The van der Waals surface area contributed by atoms with Crippen molar-refractivity contribution in [1.82, 2.24) is 15.1 Å². The number of nitrogens with one attached hydrogen (secondary N) is 1. The van der Waals surface area contributed by atoms with Crippen molar-refractivity contribution < 1.29 is 52.8 Å². The van der Waals surface area contributed by atoms with Gasteiger partial charge in [0.2, 0.25) is 11.8 Å². The third-order valence-corrected chi connectivity index (χ3v) is 11.5. The molecule has 6 rings (SSSR count). The van der Waals surface area contributed by atoms with Gasteiger partial charge in [-0.15, -0.1) is 0 Å². The normalized spacial score (nSPS) is 12.1. The number of amides is 3. The van der Waals surface area contributed by atoms with Gasteiger partial charge < -0.3 is 43.9 Å². The van der Waals surface area contributed by atoms with Crippen LogP contribution in [0.5, 0.6) is 17.2 Å². The largest absolute Gasteiger partial charge is 0.514 e. The lowest BCUT2D eigenvalue weighted by Gasteiger charge is -2.35. The maximum Gasteiger partial charge on any atom is 0.514 e. The summed E-state index contributed by atoms with van der Waals surface area (Å²) < 4.78 is 27.9. The number of methoxy groups -OCH3 is 1. The molecule has 3 atom stereocenters. The number of benzene rings is 6. The maximum atomic E-state index is 14.9. The topological polar surface area (TPSA) is 170 Å². The van der Waals surface area contributed by atoms with Crippen molar-refractivity contribution in [1.29, 1.82) is 0 Å². The number of hydrogen-bond donors (Lipinski definition) is 2. The minimum absolute atomic E-state index is 0.0122. The number of nitrogens with zero attached hydrogens (tertiary/aromatic N) is 2. The Labute approximate surface area is 399 Å². The van der Waals surface area contributed by atoms with Gasteiger partial charge in [-0.2, -0.15) is 0 Å². The summed E-state index contributed by atoms with van der Waals surface area (Å²) in [6.45, 7) is 0.0609. The Morgan fingerprint density at radius 1 is 0.574 bits per heavy atom. The van der Waals surface area contributed by atoms with Crippen LogP contribution in [0.4, 0.5) is 9.59 Å². The number of carbonyl (C=O) groups is 5. The number of carboxylic acid groups (broad SMARTS) is 1. The lowest BCUT2D eigenvalue weighted by molar-refractivity contribution is -0.153. The molecule has 0 radical (unpaired) electrons. The lowest BCUT2D eigenvalue weighted by atomic mass is 9.98. The van der Waals surface area contributed by atoms with Gasteiger partial charge in [0.15, 0.2) is 11.5 Å². The fourth-order valence-electron chi connectivity index (χ4n) is 7.25. The van der Waals surface area contributed by atoms with Gasteiger partial charge in [-0.1, -0.05) is 151 Å². The third-order valence-electron chi connectivity index (χ3n) is 11.0. The van der Waals surface area contributed by atoms with Gasteiger partial charge in [0, 0.05) is 33.4 Å². The minimum atomic E-state index is -1.37. The van der Waals surface area contributed by atoms with E-state index in [1.165, 1.54) is 38.2 Å². The Morgan fingerprint density at radius 2 is 1.07 bits per heavy atom. The molecular formula is C53H52ClN3O11. The van der Waals surface area contributed by atoms with Crippen LogP contribution < -0.4 is 19.5 Å². The fraction of sp³-hybridized carbons (Fsp3) is 0.226. The van der Waals surface area contributed by atoms with Crippen LogP contribution in [0.2, 0.25) is 5.02 Å². The summed E-state index contributed by atoms with van der Waals surface area (Å²) in [5, 5.41) is 13.3. The molecule has 0 aromatic heterocycles. The van der Waals surface area contributed by atoms with Crippen LogP contribution >= 0.6 is 11.6 Å². The number of ether oxygens (including phenoxy) is 5. The van der Waals surface area contributed by atoms with Crippen molar-refractivity contribution in [2.75, 3.05) is 21.2 Å². The molecule has 0 aliphatic rings. The van der Waals surface area contributed by atoms with E-state index >= 15 is 0 Å². The van der Waals surface area contributed by atoms with Crippen LogP contribution in [0, 0.1) is 0 Å². The summed E-state index contributed by atoms with van der Waals surface area (Å²) >= 11 is 7.07. The van der Waals surface area contributed by atoms with Crippen molar-refractivity contribution in [3.05, 3.63) is 196 Å². The molecule has 0 unspecified atom stereocenters. The molecule has 0 saturated heterocycles. The first kappa shape index (κ1) is 49.6.